The van der Waals surface area contributed by atoms with Crippen molar-refractivity contribution < 1.29 is 12.8 Å². The number of nitrogens with two attached hydrogens (primary N) is 2. The molecule has 0 spiro atoms. The van der Waals surface area contributed by atoms with Gasteiger partial charge in [-0.15, -0.1) is 0 Å². The Hall–Kier alpha value is -1.18. The average molecular weight is 289 g/mol. The lowest BCUT2D eigenvalue weighted by Gasteiger charge is -2.16. The molecule has 0 aliphatic carbocycles. The van der Waals surface area contributed by atoms with E-state index in [-0.39, 0.29) is 10.6 Å². The zero-order valence-corrected chi connectivity index (χ0v) is 11.7. The van der Waals surface area contributed by atoms with Crippen molar-refractivity contribution in [2.75, 3.05) is 18.4 Å². The second kappa shape index (κ2) is 6.83. The molecule has 0 amide bonds. The number of hydrogen-bond donors (Lipinski definition) is 3. The molecule has 0 aliphatic heterocycles. The summed E-state index contributed by atoms with van der Waals surface area (Å²) in [7, 11) is -3.87. The van der Waals surface area contributed by atoms with Gasteiger partial charge in [-0.25, -0.2) is 17.9 Å². The molecule has 0 bridgehead atoms. The maximum Gasteiger partial charge on any atom is 0.238 e. The Balaban J connectivity index is 2.75. The minimum Gasteiger partial charge on any atom is -0.382 e. The Bertz CT molecular complexity index is 520. The number of anilines is 1. The summed E-state index contributed by atoms with van der Waals surface area (Å²) in [6, 6.07) is 3.58. The van der Waals surface area contributed by atoms with Crippen LogP contribution in [0.4, 0.5) is 10.1 Å². The molecule has 0 fully saturated rings. The molecule has 1 atom stereocenters. The van der Waals surface area contributed by atoms with E-state index in [0.29, 0.717) is 19.0 Å². The first kappa shape index (κ1) is 15.9. The van der Waals surface area contributed by atoms with Gasteiger partial charge in [0, 0.05) is 6.54 Å². The van der Waals surface area contributed by atoms with Crippen molar-refractivity contribution in [3.05, 3.63) is 24.0 Å². The van der Waals surface area contributed by atoms with Gasteiger partial charge >= 0.3 is 0 Å². The third-order valence-corrected chi connectivity index (χ3v) is 3.91. The van der Waals surface area contributed by atoms with Gasteiger partial charge in [0.15, 0.2) is 0 Å². The van der Waals surface area contributed by atoms with Gasteiger partial charge < -0.3 is 11.1 Å². The lowest BCUT2D eigenvalue weighted by atomic mass is 10.0. The summed E-state index contributed by atoms with van der Waals surface area (Å²) in [6.45, 7) is 3.23. The quantitative estimate of drug-likeness (QED) is 0.703. The smallest absolute Gasteiger partial charge is 0.238 e. The van der Waals surface area contributed by atoms with Crippen molar-refractivity contribution in [1.29, 1.82) is 0 Å². The molecule has 0 saturated carbocycles. The minimum atomic E-state index is -3.87. The van der Waals surface area contributed by atoms with Crippen LogP contribution in [0.25, 0.3) is 0 Å². The van der Waals surface area contributed by atoms with Crippen LogP contribution in [0.1, 0.15) is 19.8 Å². The SMILES string of the molecule is CCC(CCN)CNc1ccc(S(N)(=O)=O)cc1F. The van der Waals surface area contributed by atoms with Crippen molar-refractivity contribution in [2.45, 2.75) is 24.7 Å². The monoisotopic (exact) mass is 289 g/mol. The molecule has 5 N–H and O–H groups in total. The van der Waals surface area contributed by atoms with Gasteiger partial charge in [0.2, 0.25) is 10.0 Å². The maximum atomic E-state index is 13.7. The largest absolute Gasteiger partial charge is 0.382 e. The molecular formula is C12H20FN3O2S. The van der Waals surface area contributed by atoms with Crippen LogP contribution in [0.5, 0.6) is 0 Å². The molecule has 1 unspecified atom stereocenters. The fourth-order valence-electron chi connectivity index (χ4n) is 1.76. The number of sulfonamides is 1. The Labute approximate surface area is 113 Å². The van der Waals surface area contributed by atoms with E-state index in [9.17, 15) is 12.8 Å². The number of hydrogen-bond acceptors (Lipinski definition) is 4. The Morgan fingerprint density at radius 1 is 1.42 bits per heavy atom. The lowest BCUT2D eigenvalue weighted by molar-refractivity contribution is 0.499. The molecule has 5 nitrogen and oxygen atoms in total. The second-order valence-electron chi connectivity index (χ2n) is 4.42. The third-order valence-electron chi connectivity index (χ3n) is 3.00. The summed E-state index contributed by atoms with van der Waals surface area (Å²) < 4.78 is 35.9. The highest BCUT2D eigenvalue weighted by molar-refractivity contribution is 7.89. The second-order valence-corrected chi connectivity index (χ2v) is 5.98. The van der Waals surface area contributed by atoms with Crippen LogP contribution in [0.15, 0.2) is 23.1 Å². The highest BCUT2D eigenvalue weighted by atomic mass is 32.2. The van der Waals surface area contributed by atoms with Gasteiger partial charge in [0.25, 0.3) is 0 Å². The summed E-state index contributed by atoms with van der Waals surface area (Å²) in [6.07, 6.45) is 1.81. The average Bonchev–Trinajstić information content (AvgIpc) is 2.34. The fraction of sp³-hybridized carbons (Fsp3) is 0.500. The number of halogens is 1. The van der Waals surface area contributed by atoms with Crippen molar-refractivity contribution in [2.24, 2.45) is 16.8 Å². The van der Waals surface area contributed by atoms with Crippen LogP contribution in [0.3, 0.4) is 0 Å². The minimum absolute atomic E-state index is 0.232. The highest BCUT2D eigenvalue weighted by Gasteiger charge is 2.12. The van der Waals surface area contributed by atoms with Crippen molar-refractivity contribution >= 4 is 15.7 Å². The number of rotatable bonds is 7. The van der Waals surface area contributed by atoms with Gasteiger partial charge in [-0.1, -0.05) is 13.3 Å². The molecule has 108 valence electrons. The van der Waals surface area contributed by atoms with Crippen molar-refractivity contribution in [3.8, 4) is 0 Å². The molecule has 0 aliphatic rings. The number of benzene rings is 1. The van der Waals surface area contributed by atoms with E-state index in [4.69, 9.17) is 10.9 Å². The molecule has 1 aromatic carbocycles. The van der Waals surface area contributed by atoms with Crippen LogP contribution in [0, 0.1) is 11.7 Å². The molecular weight excluding hydrogens is 269 g/mol. The Kier molecular flexibility index (Phi) is 5.71. The number of nitrogens with one attached hydrogen (secondary N) is 1. The molecule has 0 radical (unpaired) electrons. The van der Waals surface area contributed by atoms with Crippen LogP contribution in [-0.2, 0) is 10.0 Å². The van der Waals surface area contributed by atoms with E-state index in [1.54, 1.807) is 0 Å². The van der Waals surface area contributed by atoms with Crippen LogP contribution < -0.4 is 16.2 Å². The highest BCUT2D eigenvalue weighted by Crippen LogP contribution is 2.19. The Morgan fingerprint density at radius 3 is 2.58 bits per heavy atom. The molecule has 1 rings (SSSR count). The molecule has 7 heteroatoms. The van der Waals surface area contributed by atoms with Crippen LogP contribution in [-0.4, -0.2) is 21.5 Å². The van der Waals surface area contributed by atoms with Crippen LogP contribution >= 0.6 is 0 Å². The zero-order chi connectivity index (χ0) is 14.5. The summed E-state index contributed by atoms with van der Waals surface area (Å²) in [5.74, 6) is -0.267. The summed E-state index contributed by atoms with van der Waals surface area (Å²) in [5.41, 5.74) is 5.76. The Morgan fingerprint density at radius 2 is 2.11 bits per heavy atom. The first-order valence-corrected chi connectivity index (χ1v) is 7.69. The first-order chi connectivity index (χ1) is 8.88. The predicted octanol–water partition coefficient (Wildman–Crippen LogP) is 1.26. The topological polar surface area (TPSA) is 98.2 Å². The molecule has 0 aromatic heterocycles. The molecule has 19 heavy (non-hydrogen) atoms. The maximum absolute atomic E-state index is 13.7. The van der Waals surface area contributed by atoms with Gasteiger partial charge in [-0.2, -0.15) is 0 Å². The zero-order valence-electron chi connectivity index (χ0n) is 10.9. The van der Waals surface area contributed by atoms with E-state index in [2.05, 4.69) is 5.32 Å². The normalized spacial score (nSPS) is 13.3. The van der Waals surface area contributed by atoms with Gasteiger partial charge in [-0.3, -0.25) is 0 Å². The van der Waals surface area contributed by atoms with E-state index >= 15 is 0 Å². The van der Waals surface area contributed by atoms with Crippen molar-refractivity contribution in [1.82, 2.24) is 0 Å². The van der Waals surface area contributed by atoms with Crippen molar-refractivity contribution in [3.63, 3.8) is 0 Å². The first-order valence-electron chi connectivity index (χ1n) is 6.14. The van der Waals surface area contributed by atoms with E-state index in [0.717, 1.165) is 18.9 Å². The molecule has 0 saturated heterocycles. The van der Waals surface area contributed by atoms with E-state index in [1.165, 1.54) is 12.1 Å². The fourth-order valence-corrected chi connectivity index (χ4v) is 2.28. The number of primary sulfonamides is 1. The standard InChI is InChI=1S/C12H20FN3O2S/c1-2-9(5-6-14)8-16-12-4-3-10(7-11(12)13)19(15,17)18/h3-4,7,9,16H,2,5-6,8,14H2,1H3,(H2,15,17,18). The summed E-state index contributed by atoms with van der Waals surface area (Å²) >= 11 is 0. The van der Waals surface area contributed by atoms with E-state index < -0.39 is 15.8 Å². The van der Waals surface area contributed by atoms with Crippen LogP contribution in [0.2, 0.25) is 0 Å². The van der Waals surface area contributed by atoms with Gasteiger partial charge in [0.1, 0.15) is 5.82 Å². The summed E-state index contributed by atoms with van der Waals surface area (Å²) in [4.78, 5) is -0.232. The summed E-state index contributed by atoms with van der Waals surface area (Å²) in [5, 5.41) is 7.89. The lowest BCUT2D eigenvalue weighted by Crippen LogP contribution is -2.18. The van der Waals surface area contributed by atoms with Gasteiger partial charge in [0.05, 0.1) is 10.6 Å². The third kappa shape index (κ3) is 4.77. The van der Waals surface area contributed by atoms with E-state index in [1.807, 2.05) is 6.92 Å². The molecule has 1 aromatic rings. The molecule has 0 heterocycles. The van der Waals surface area contributed by atoms with Gasteiger partial charge in [-0.05, 0) is 37.1 Å². The predicted molar refractivity (Wildman–Crippen MR) is 73.7 cm³/mol.